The number of ketones is 1. The first-order valence-electron chi connectivity index (χ1n) is 10.9. The first-order chi connectivity index (χ1) is 16.7. The molecule has 1 saturated heterocycles. The summed E-state index contributed by atoms with van der Waals surface area (Å²) in [6, 6.07) is 17.5. The number of benzene rings is 3. The second-order valence-corrected chi connectivity index (χ2v) is 9.05. The highest BCUT2D eigenvalue weighted by Crippen LogP contribution is 2.43. The lowest BCUT2D eigenvalue weighted by molar-refractivity contribution is -0.132. The van der Waals surface area contributed by atoms with Gasteiger partial charge in [-0.1, -0.05) is 35.3 Å². The molecule has 0 bridgehead atoms. The normalized spacial score (nSPS) is 17.2. The molecule has 1 fully saturated rings. The zero-order valence-electron chi connectivity index (χ0n) is 19.3. The molecule has 3 aromatic carbocycles. The molecule has 0 radical (unpaired) electrons. The Bertz CT molecular complexity index is 1320. The van der Waals surface area contributed by atoms with Crippen LogP contribution in [0, 0.1) is 0 Å². The molecule has 1 unspecified atom stereocenters. The fourth-order valence-corrected chi connectivity index (χ4v) is 4.28. The molecule has 0 saturated carbocycles. The molecule has 0 spiro atoms. The Hall–Kier alpha value is -3.48. The SMILES string of the molecule is COc1cccc(C2/C(=C(/O)c3ccc(Cl)c(Cl)c3)C(=O)C(=O)N2c2ccc(OC(C)C)cc2)c1. The summed E-state index contributed by atoms with van der Waals surface area (Å²) in [5.74, 6) is -0.754. The van der Waals surface area contributed by atoms with Crippen molar-refractivity contribution >= 4 is 46.3 Å². The van der Waals surface area contributed by atoms with Crippen molar-refractivity contribution < 1.29 is 24.2 Å². The number of anilines is 1. The largest absolute Gasteiger partial charge is 0.507 e. The highest BCUT2D eigenvalue weighted by Gasteiger charge is 2.47. The second-order valence-electron chi connectivity index (χ2n) is 8.24. The molecule has 8 heteroatoms. The molecule has 0 aliphatic carbocycles. The predicted molar refractivity (Wildman–Crippen MR) is 136 cm³/mol. The van der Waals surface area contributed by atoms with E-state index >= 15 is 0 Å². The summed E-state index contributed by atoms with van der Waals surface area (Å²) >= 11 is 12.2. The Balaban J connectivity index is 1.89. The number of rotatable bonds is 6. The molecule has 1 atom stereocenters. The van der Waals surface area contributed by atoms with Gasteiger partial charge in [0.15, 0.2) is 0 Å². The quantitative estimate of drug-likeness (QED) is 0.235. The Morgan fingerprint density at radius 2 is 1.66 bits per heavy atom. The minimum atomic E-state index is -0.906. The number of hydrogen-bond acceptors (Lipinski definition) is 5. The van der Waals surface area contributed by atoms with E-state index in [1.165, 1.54) is 30.2 Å². The fraction of sp³-hybridized carbons (Fsp3) is 0.185. The van der Waals surface area contributed by atoms with E-state index in [0.29, 0.717) is 27.8 Å². The molecule has 35 heavy (non-hydrogen) atoms. The van der Waals surface area contributed by atoms with E-state index in [0.717, 1.165) is 0 Å². The van der Waals surface area contributed by atoms with Crippen LogP contribution in [0.1, 0.15) is 31.0 Å². The average molecular weight is 512 g/mol. The summed E-state index contributed by atoms with van der Waals surface area (Å²) in [6.45, 7) is 3.83. The van der Waals surface area contributed by atoms with Crippen LogP contribution in [0.5, 0.6) is 11.5 Å². The number of Topliss-reactive ketones (excluding diaryl/α,β-unsaturated/α-hetero) is 1. The van der Waals surface area contributed by atoms with Crippen LogP contribution in [-0.4, -0.2) is 30.0 Å². The van der Waals surface area contributed by atoms with E-state index in [1.54, 1.807) is 48.5 Å². The number of nitrogens with zero attached hydrogens (tertiary/aromatic N) is 1. The lowest BCUT2D eigenvalue weighted by Crippen LogP contribution is -2.29. The van der Waals surface area contributed by atoms with Crippen molar-refractivity contribution in [1.29, 1.82) is 0 Å². The van der Waals surface area contributed by atoms with Crippen LogP contribution in [0.15, 0.2) is 72.3 Å². The van der Waals surface area contributed by atoms with Gasteiger partial charge in [-0.15, -0.1) is 0 Å². The third-order valence-corrected chi connectivity index (χ3v) is 6.27. The molecule has 1 amide bonds. The lowest BCUT2D eigenvalue weighted by Gasteiger charge is -2.26. The molecular formula is C27H23Cl2NO5. The van der Waals surface area contributed by atoms with Crippen LogP contribution in [0.2, 0.25) is 10.0 Å². The highest BCUT2D eigenvalue weighted by atomic mass is 35.5. The second kappa shape index (κ2) is 10.0. The summed E-state index contributed by atoms with van der Waals surface area (Å²) in [6.07, 6.45) is -0.0157. The number of methoxy groups -OCH3 is 1. The van der Waals surface area contributed by atoms with Crippen LogP contribution in [0.3, 0.4) is 0 Å². The van der Waals surface area contributed by atoms with E-state index in [1.807, 2.05) is 13.8 Å². The molecule has 6 nitrogen and oxygen atoms in total. The summed E-state index contributed by atoms with van der Waals surface area (Å²) < 4.78 is 11.1. The number of halogens is 2. The number of amides is 1. The molecule has 180 valence electrons. The molecule has 1 aliphatic heterocycles. The summed E-state index contributed by atoms with van der Waals surface area (Å²) in [4.78, 5) is 27.9. The number of carbonyl (C=O) groups is 2. The van der Waals surface area contributed by atoms with Gasteiger partial charge in [0.1, 0.15) is 17.3 Å². The molecular weight excluding hydrogens is 489 g/mol. The Labute approximate surface area is 213 Å². The van der Waals surface area contributed by atoms with Crippen molar-refractivity contribution in [2.75, 3.05) is 12.0 Å². The van der Waals surface area contributed by atoms with Crippen LogP contribution in [-0.2, 0) is 9.59 Å². The van der Waals surface area contributed by atoms with Crippen molar-refractivity contribution in [2.24, 2.45) is 0 Å². The van der Waals surface area contributed by atoms with E-state index in [9.17, 15) is 14.7 Å². The predicted octanol–water partition coefficient (Wildman–Crippen LogP) is 6.42. The van der Waals surface area contributed by atoms with E-state index in [4.69, 9.17) is 32.7 Å². The van der Waals surface area contributed by atoms with Crippen LogP contribution in [0.4, 0.5) is 5.69 Å². The van der Waals surface area contributed by atoms with Gasteiger partial charge in [0, 0.05) is 11.3 Å². The molecule has 1 aliphatic rings. The minimum Gasteiger partial charge on any atom is -0.507 e. The van der Waals surface area contributed by atoms with Crippen molar-refractivity contribution in [3.63, 3.8) is 0 Å². The van der Waals surface area contributed by atoms with Gasteiger partial charge in [-0.05, 0) is 74.0 Å². The fourth-order valence-electron chi connectivity index (χ4n) is 3.98. The van der Waals surface area contributed by atoms with Gasteiger partial charge in [-0.25, -0.2) is 0 Å². The summed E-state index contributed by atoms with van der Waals surface area (Å²) in [5, 5.41) is 11.7. The topological polar surface area (TPSA) is 76.1 Å². The maximum Gasteiger partial charge on any atom is 0.300 e. The number of carbonyl (C=O) groups excluding carboxylic acids is 2. The summed E-state index contributed by atoms with van der Waals surface area (Å²) in [5.41, 5.74) is 1.27. The van der Waals surface area contributed by atoms with Crippen molar-refractivity contribution in [3.05, 3.63) is 93.5 Å². The van der Waals surface area contributed by atoms with Crippen LogP contribution < -0.4 is 14.4 Å². The van der Waals surface area contributed by atoms with E-state index < -0.39 is 17.7 Å². The van der Waals surface area contributed by atoms with Gasteiger partial charge in [0.25, 0.3) is 11.7 Å². The molecule has 4 rings (SSSR count). The number of aliphatic hydroxyl groups is 1. The Morgan fingerprint density at radius 3 is 2.29 bits per heavy atom. The van der Waals surface area contributed by atoms with Crippen molar-refractivity contribution in [3.8, 4) is 11.5 Å². The molecule has 0 aromatic heterocycles. The van der Waals surface area contributed by atoms with Gasteiger partial charge in [-0.3, -0.25) is 14.5 Å². The van der Waals surface area contributed by atoms with Gasteiger partial charge >= 0.3 is 0 Å². The van der Waals surface area contributed by atoms with Gasteiger partial charge < -0.3 is 14.6 Å². The standard InChI is InChI=1S/C27H23Cl2NO5/c1-15(2)35-19-10-8-18(9-11-19)30-24(16-5-4-6-20(13-16)34-3)23(26(32)27(30)33)25(31)17-7-12-21(28)22(29)14-17/h4-15,24,31H,1-3H3/b25-23-. The first-order valence-corrected chi connectivity index (χ1v) is 11.6. The molecule has 1 N–H and O–H groups in total. The molecule has 3 aromatic rings. The van der Waals surface area contributed by atoms with Gasteiger partial charge in [-0.2, -0.15) is 0 Å². The van der Waals surface area contributed by atoms with Crippen molar-refractivity contribution in [1.82, 2.24) is 0 Å². The maximum absolute atomic E-state index is 13.3. The number of hydrogen-bond donors (Lipinski definition) is 1. The first kappa shape index (κ1) is 24.6. The number of aliphatic hydroxyl groups excluding tert-OH is 1. The van der Waals surface area contributed by atoms with Crippen molar-refractivity contribution in [2.45, 2.75) is 26.0 Å². The monoisotopic (exact) mass is 511 g/mol. The Kier molecular flexibility index (Phi) is 7.05. The zero-order valence-corrected chi connectivity index (χ0v) is 20.8. The number of ether oxygens (including phenoxy) is 2. The van der Waals surface area contributed by atoms with Gasteiger partial charge in [0.2, 0.25) is 0 Å². The zero-order chi connectivity index (χ0) is 25.3. The van der Waals surface area contributed by atoms with Gasteiger partial charge in [0.05, 0.1) is 34.9 Å². The molecule has 1 heterocycles. The summed E-state index contributed by atoms with van der Waals surface area (Å²) in [7, 11) is 1.53. The van der Waals surface area contributed by atoms with E-state index in [2.05, 4.69) is 0 Å². The third-order valence-electron chi connectivity index (χ3n) is 5.53. The smallest absolute Gasteiger partial charge is 0.300 e. The van der Waals surface area contributed by atoms with Crippen LogP contribution in [0.25, 0.3) is 5.76 Å². The lowest BCUT2D eigenvalue weighted by atomic mass is 9.95. The maximum atomic E-state index is 13.3. The average Bonchev–Trinajstić information content (AvgIpc) is 3.11. The van der Waals surface area contributed by atoms with Crippen LogP contribution >= 0.6 is 23.2 Å². The Morgan fingerprint density at radius 1 is 0.943 bits per heavy atom. The minimum absolute atomic E-state index is 0.0157. The third kappa shape index (κ3) is 4.85. The van der Waals surface area contributed by atoms with E-state index in [-0.39, 0.29) is 28.0 Å². The highest BCUT2D eigenvalue weighted by molar-refractivity contribution is 6.51.